The van der Waals surface area contributed by atoms with Crippen molar-refractivity contribution >= 4 is 99.5 Å². The third kappa shape index (κ3) is 4.99. The van der Waals surface area contributed by atoms with Crippen LogP contribution in [0.5, 0.6) is 0 Å². The van der Waals surface area contributed by atoms with Crippen LogP contribution in [0.15, 0.2) is 194 Å². The molecule has 3 nitrogen and oxygen atoms in total. The summed E-state index contributed by atoms with van der Waals surface area (Å²) in [6.45, 7) is 4.46. The fourth-order valence-electron chi connectivity index (χ4n) is 10.5. The lowest BCUT2D eigenvalue weighted by atomic mass is 9.47. The number of hydrogen-bond donors (Lipinski definition) is 0. The lowest BCUT2D eigenvalue weighted by Crippen LogP contribution is -2.59. The summed E-state index contributed by atoms with van der Waals surface area (Å²) >= 11 is 1.96. The van der Waals surface area contributed by atoms with Gasteiger partial charge in [0, 0.05) is 65.0 Å². The number of hydrogen-bond acceptors (Lipinski definition) is 3. The van der Waals surface area contributed by atoms with E-state index in [-0.39, 0.29) is 6.85 Å². The Hall–Kier alpha value is -7.34. The van der Waals surface area contributed by atoms with Crippen molar-refractivity contribution in [1.29, 1.82) is 0 Å². The van der Waals surface area contributed by atoms with Gasteiger partial charge in [-0.3, -0.25) is 0 Å². The van der Waals surface area contributed by atoms with Gasteiger partial charge in [0.1, 0.15) is 0 Å². The number of nitrogens with zero attached hydrogens (tertiary/aromatic N) is 3. The summed E-state index contributed by atoms with van der Waals surface area (Å²) in [4.78, 5) is 5.04. The topological polar surface area (TPSA) is 11.4 Å². The largest absolute Gasteiger partial charge is 0.376 e. The van der Waals surface area contributed by atoms with Gasteiger partial charge in [-0.15, -0.1) is 11.3 Å². The van der Waals surface area contributed by atoms with E-state index < -0.39 is 0 Å². The predicted molar refractivity (Wildman–Crippen MR) is 262 cm³/mol. The smallest absolute Gasteiger partial charge is 0.343 e. The molecule has 0 atom stereocenters. The summed E-state index contributed by atoms with van der Waals surface area (Å²) in [6.07, 6.45) is 0. The molecule has 61 heavy (non-hydrogen) atoms. The highest BCUT2D eigenvalue weighted by Crippen LogP contribution is 2.50. The van der Waals surface area contributed by atoms with Crippen molar-refractivity contribution in [2.24, 2.45) is 0 Å². The van der Waals surface area contributed by atoms with Crippen LogP contribution in [0.2, 0.25) is 0 Å². The second-order valence-corrected chi connectivity index (χ2v) is 17.7. The zero-order valence-electron chi connectivity index (χ0n) is 33.8. The average molecular weight is 796 g/mol. The van der Waals surface area contributed by atoms with Crippen LogP contribution in [-0.4, -0.2) is 11.4 Å². The van der Waals surface area contributed by atoms with Crippen LogP contribution in [0.3, 0.4) is 0 Å². The van der Waals surface area contributed by atoms with Crippen LogP contribution in [0, 0.1) is 13.8 Å². The quantitative estimate of drug-likeness (QED) is 0.161. The maximum atomic E-state index is 2.68. The molecule has 9 aromatic carbocycles. The van der Waals surface area contributed by atoms with E-state index in [4.69, 9.17) is 0 Å². The fraction of sp³-hybridized carbons (Fsp3) is 0.0357. The number of aromatic nitrogens is 1. The van der Waals surface area contributed by atoms with E-state index in [1.165, 1.54) is 103 Å². The summed E-state index contributed by atoms with van der Waals surface area (Å²) < 4.78 is 5.35. The first-order chi connectivity index (χ1) is 30.1. The van der Waals surface area contributed by atoms with Crippen molar-refractivity contribution in [3.8, 4) is 27.9 Å². The SMILES string of the molecule is Cc1ccc(N2B3c4sc5ccc(-c6ccccc6)cc5c4-n4c5c3c(cc(C)c5c3ccc5ccccc5c34)-c3cc(N(c4ccccc4)c4ccccc4)ccc32)cc1. The Labute approximate surface area is 359 Å². The first-order valence-corrected chi connectivity index (χ1v) is 21.9. The average Bonchev–Trinajstić information content (AvgIpc) is 3.87. The zero-order chi connectivity index (χ0) is 40.3. The maximum Gasteiger partial charge on any atom is 0.343 e. The van der Waals surface area contributed by atoms with Gasteiger partial charge in [-0.25, -0.2) is 0 Å². The van der Waals surface area contributed by atoms with Crippen LogP contribution in [-0.2, 0) is 0 Å². The molecule has 0 bridgehead atoms. The van der Waals surface area contributed by atoms with Crippen molar-refractivity contribution in [3.63, 3.8) is 0 Å². The minimum atomic E-state index is -0.0471. The molecule has 0 aliphatic carbocycles. The van der Waals surface area contributed by atoms with Crippen molar-refractivity contribution in [1.82, 2.24) is 4.57 Å². The standard InChI is InChI=1S/C56H38BN3S/c1-35-22-26-42(27-23-35)60-49-30-28-43(58(40-17-8-4-9-18-40)41-19-10-5-11-20-41)34-46(49)47-32-36(2)51-45-29-24-38-16-12-13-21-44(38)53(45)59-54-48-33-39(37-14-6-3-7-15-37)25-31-50(48)61-56(54)57(60)52(47)55(51)59/h3-34H,1-2H3. The van der Waals surface area contributed by atoms with Crippen molar-refractivity contribution in [2.75, 3.05) is 9.71 Å². The minimum Gasteiger partial charge on any atom is -0.376 e. The van der Waals surface area contributed by atoms with E-state index >= 15 is 0 Å². The van der Waals surface area contributed by atoms with Crippen LogP contribution >= 0.6 is 11.3 Å². The van der Waals surface area contributed by atoms with Gasteiger partial charge in [0.25, 0.3) is 0 Å². The summed E-state index contributed by atoms with van der Waals surface area (Å²) in [6, 6.07) is 71.9. The molecule has 0 saturated heterocycles. The molecule has 0 unspecified atom stereocenters. The normalized spacial score (nSPS) is 12.7. The summed E-state index contributed by atoms with van der Waals surface area (Å²) in [7, 11) is 0. The van der Waals surface area contributed by atoms with Crippen molar-refractivity contribution in [2.45, 2.75) is 13.8 Å². The summed E-state index contributed by atoms with van der Waals surface area (Å²) in [5, 5.41) is 6.48. The molecule has 11 aromatic rings. The highest BCUT2D eigenvalue weighted by atomic mass is 32.1. The molecule has 0 radical (unpaired) electrons. The van der Waals surface area contributed by atoms with E-state index in [1.807, 2.05) is 11.3 Å². The Morgan fingerprint density at radius 3 is 1.97 bits per heavy atom. The van der Waals surface area contributed by atoms with E-state index in [0.717, 1.165) is 17.1 Å². The Morgan fingerprint density at radius 2 is 1.21 bits per heavy atom. The van der Waals surface area contributed by atoms with Gasteiger partial charge in [0.05, 0.1) is 16.7 Å². The Morgan fingerprint density at radius 1 is 0.508 bits per heavy atom. The fourth-order valence-corrected chi connectivity index (χ4v) is 11.7. The Balaban J connectivity index is 1.18. The second-order valence-electron chi connectivity index (χ2n) is 16.6. The van der Waals surface area contributed by atoms with Gasteiger partial charge in [-0.05, 0) is 114 Å². The summed E-state index contributed by atoms with van der Waals surface area (Å²) in [5.74, 6) is 0. The van der Waals surface area contributed by atoms with Gasteiger partial charge in [-0.2, -0.15) is 0 Å². The van der Waals surface area contributed by atoms with Gasteiger partial charge in [0.2, 0.25) is 0 Å². The number of thiophene rings is 1. The minimum absolute atomic E-state index is 0.0471. The molecule has 2 aliphatic rings. The molecule has 0 saturated carbocycles. The number of rotatable bonds is 5. The second kappa shape index (κ2) is 13.1. The highest BCUT2D eigenvalue weighted by Gasteiger charge is 2.46. The Bertz CT molecular complexity index is 3520. The predicted octanol–water partition coefficient (Wildman–Crippen LogP) is 14.1. The lowest BCUT2D eigenvalue weighted by Gasteiger charge is -2.41. The van der Waals surface area contributed by atoms with E-state index in [1.54, 1.807) is 0 Å². The number of benzene rings is 9. The number of fused-ring (bicyclic) bond motifs is 12. The van der Waals surface area contributed by atoms with E-state index in [2.05, 4.69) is 222 Å². The Kier molecular flexibility index (Phi) is 7.40. The molecular formula is C56H38BN3S. The van der Waals surface area contributed by atoms with Gasteiger partial charge >= 0.3 is 6.85 Å². The molecule has 2 aromatic heterocycles. The van der Waals surface area contributed by atoms with E-state index in [9.17, 15) is 0 Å². The maximum absolute atomic E-state index is 2.68. The lowest BCUT2D eigenvalue weighted by molar-refractivity contribution is 1.21. The van der Waals surface area contributed by atoms with Crippen LogP contribution in [0.4, 0.5) is 28.4 Å². The molecule has 4 heterocycles. The third-order valence-electron chi connectivity index (χ3n) is 13.1. The molecule has 5 heteroatoms. The number of anilines is 5. The van der Waals surface area contributed by atoms with Crippen LogP contribution < -0.4 is 20.0 Å². The van der Waals surface area contributed by atoms with Crippen LogP contribution in [0.1, 0.15) is 11.1 Å². The van der Waals surface area contributed by atoms with Crippen molar-refractivity contribution < 1.29 is 0 Å². The molecular weight excluding hydrogens is 758 g/mol. The molecule has 13 rings (SSSR count). The molecule has 286 valence electrons. The van der Waals surface area contributed by atoms with E-state index in [0.29, 0.717) is 0 Å². The first kappa shape index (κ1) is 34.5. The van der Waals surface area contributed by atoms with Gasteiger partial charge in [-0.1, -0.05) is 133 Å². The molecule has 0 N–H and O–H groups in total. The van der Waals surface area contributed by atoms with Crippen LogP contribution in [0.25, 0.3) is 70.6 Å². The molecule has 0 spiro atoms. The summed E-state index contributed by atoms with van der Waals surface area (Å²) in [5.41, 5.74) is 18.6. The molecule has 0 fully saturated rings. The number of aryl methyl sites for hydroxylation is 2. The molecule has 0 amide bonds. The highest BCUT2D eigenvalue weighted by molar-refractivity contribution is 7.32. The third-order valence-corrected chi connectivity index (χ3v) is 14.3. The zero-order valence-corrected chi connectivity index (χ0v) is 34.6. The monoisotopic (exact) mass is 795 g/mol. The number of para-hydroxylation sites is 2. The van der Waals surface area contributed by atoms with Gasteiger partial charge in [0.15, 0.2) is 0 Å². The van der Waals surface area contributed by atoms with Gasteiger partial charge < -0.3 is 14.3 Å². The van der Waals surface area contributed by atoms with Crippen molar-refractivity contribution in [3.05, 3.63) is 205 Å². The molecule has 2 aliphatic heterocycles. The first-order valence-electron chi connectivity index (χ1n) is 21.1.